The van der Waals surface area contributed by atoms with Gasteiger partial charge in [0.1, 0.15) is 5.82 Å². The first-order valence-electron chi connectivity index (χ1n) is 9.46. The van der Waals surface area contributed by atoms with E-state index in [2.05, 4.69) is 91.4 Å². The summed E-state index contributed by atoms with van der Waals surface area (Å²) in [6.07, 6.45) is 4.53. The van der Waals surface area contributed by atoms with Gasteiger partial charge in [-0.25, -0.2) is 9.97 Å². The molecule has 1 heterocycles. The highest BCUT2D eigenvalue weighted by Gasteiger charge is 2.49. The zero-order valence-electron chi connectivity index (χ0n) is 17.0. The fourth-order valence-electron chi connectivity index (χ4n) is 3.52. The second-order valence-corrected chi connectivity index (χ2v) is 11.8. The molecule has 3 aromatic rings. The van der Waals surface area contributed by atoms with Crippen LogP contribution in [0.2, 0.25) is 5.04 Å². The lowest BCUT2D eigenvalue weighted by Crippen LogP contribution is -2.66. The lowest BCUT2D eigenvalue weighted by molar-refractivity contribution is -0.191. The number of hydrogen-bond acceptors (Lipinski definition) is 5. The van der Waals surface area contributed by atoms with Gasteiger partial charge in [-0.3, -0.25) is 0 Å². The molecule has 0 amide bonds. The summed E-state index contributed by atoms with van der Waals surface area (Å²) in [5.74, 6) is 0.824. The van der Waals surface area contributed by atoms with Gasteiger partial charge in [-0.2, -0.15) is 9.59 Å². The van der Waals surface area contributed by atoms with Crippen LogP contribution in [-0.2, 0) is 20.4 Å². The van der Waals surface area contributed by atoms with Gasteiger partial charge in [0.2, 0.25) is 0 Å². The number of hydrogen-bond donors (Lipinski definition) is 0. The molecule has 29 heavy (non-hydrogen) atoms. The summed E-state index contributed by atoms with van der Waals surface area (Å²) in [5, 5.41) is 2.59. The molecule has 0 aliphatic carbocycles. The largest absolute Gasteiger partial charge is 0.407 e. The van der Waals surface area contributed by atoms with E-state index in [0.29, 0.717) is 13.0 Å². The molecule has 0 aliphatic rings. The summed E-state index contributed by atoms with van der Waals surface area (Å²) in [6.45, 7) is 7.48. The lowest BCUT2D eigenvalue weighted by atomic mass is 10.2. The first-order valence-corrected chi connectivity index (χ1v) is 11.4. The Morgan fingerprint density at radius 1 is 0.828 bits per heavy atom. The minimum absolute atomic E-state index is 0.00669. The molecule has 0 N–H and O–H groups in total. The lowest BCUT2D eigenvalue weighted by Gasteiger charge is -2.43. The average Bonchev–Trinajstić information content (AvgIpc) is 2.73. The van der Waals surface area contributed by atoms with E-state index in [-0.39, 0.29) is 11.2 Å². The van der Waals surface area contributed by atoms with Gasteiger partial charge in [-0.15, -0.1) is 0 Å². The zero-order chi connectivity index (χ0) is 21.2. The number of rotatable bonds is 6. The third-order valence-corrected chi connectivity index (χ3v) is 9.72. The highest BCUT2D eigenvalue weighted by Crippen LogP contribution is 2.36. The highest BCUT2D eigenvalue weighted by atomic mass is 28.4. The van der Waals surface area contributed by atoms with E-state index in [0.717, 1.165) is 5.82 Å². The predicted octanol–water partition coefficient (Wildman–Crippen LogP) is 3.01. The van der Waals surface area contributed by atoms with Gasteiger partial charge in [0.05, 0.1) is 0 Å². The third kappa shape index (κ3) is 5.54. The molecule has 2 aromatic carbocycles. The van der Waals surface area contributed by atoms with Crippen LogP contribution in [0.5, 0.6) is 0 Å². The molecule has 0 saturated heterocycles. The van der Waals surface area contributed by atoms with Crippen LogP contribution in [0.1, 0.15) is 26.6 Å². The van der Waals surface area contributed by atoms with Crippen molar-refractivity contribution in [2.75, 3.05) is 6.61 Å². The Balaban J connectivity index is 0.000000941. The highest BCUT2D eigenvalue weighted by molar-refractivity contribution is 6.99. The van der Waals surface area contributed by atoms with Gasteiger partial charge in [-0.05, 0) is 21.5 Å². The molecule has 6 heteroatoms. The van der Waals surface area contributed by atoms with Gasteiger partial charge in [0.15, 0.2) is 0 Å². The van der Waals surface area contributed by atoms with Gasteiger partial charge < -0.3 is 4.43 Å². The summed E-state index contributed by atoms with van der Waals surface area (Å²) in [7, 11) is -2.46. The summed E-state index contributed by atoms with van der Waals surface area (Å²) < 4.78 is 6.83. The molecule has 5 nitrogen and oxygen atoms in total. The second kappa shape index (κ2) is 10.6. The van der Waals surface area contributed by atoms with Crippen LogP contribution >= 0.6 is 0 Å². The second-order valence-electron chi connectivity index (χ2n) is 7.51. The molecule has 0 aliphatic heterocycles. The molecule has 0 fully saturated rings. The van der Waals surface area contributed by atoms with Crippen molar-refractivity contribution in [3.63, 3.8) is 0 Å². The van der Waals surface area contributed by atoms with E-state index in [4.69, 9.17) is 14.0 Å². The third-order valence-electron chi connectivity index (χ3n) is 4.68. The molecule has 0 spiro atoms. The fraction of sp³-hybridized carbons (Fsp3) is 0.261. The molecule has 0 radical (unpaired) electrons. The molecule has 0 saturated carbocycles. The fourth-order valence-corrected chi connectivity index (χ4v) is 8.08. The van der Waals surface area contributed by atoms with Crippen molar-refractivity contribution in [1.82, 2.24) is 9.97 Å². The van der Waals surface area contributed by atoms with E-state index < -0.39 is 8.32 Å². The van der Waals surface area contributed by atoms with Crippen LogP contribution in [0.15, 0.2) is 79.1 Å². The van der Waals surface area contributed by atoms with Crippen molar-refractivity contribution in [3.05, 3.63) is 84.9 Å². The standard InChI is InChI=1S/C22H26N2OSi.CO2/c1-22(2,3)26(19-11-6-4-7-12-19,20-13-8-5-9-14-20)25-18-15-21-23-16-10-17-24-21;2-1-3/h4-14,16-17H,15,18H2,1-3H3;. The monoisotopic (exact) mass is 406 g/mol. The molecule has 150 valence electrons. The van der Waals surface area contributed by atoms with E-state index in [1.807, 2.05) is 6.07 Å². The smallest absolute Gasteiger partial charge is 0.373 e. The van der Waals surface area contributed by atoms with Crippen molar-refractivity contribution in [2.24, 2.45) is 0 Å². The van der Waals surface area contributed by atoms with Gasteiger partial charge in [0.25, 0.3) is 8.32 Å². The first-order chi connectivity index (χ1) is 14.0. The van der Waals surface area contributed by atoms with E-state index in [1.165, 1.54) is 10.4 Å². The van der Waals surface area contributed by atoms with Crippen molar-refractivity contribution in [2.45, 2.75) is 32.2 Å². The van der Waals surface area contributed by atoms with Crippen molar-refractivity contribution in [3.8, 4) is 0 Å². The molecule has 0 bridgehead atoms. The quantitative estimate of drug-likeness (QED) is 0.589. The van der Waals surface area contributed by atoms with Crippen LogP contribution < -0.4 is 10.4 Å². The minimum atomic E-state index is -2.46. The van der Waals surface area contributed by atoms with E-state index >= 15 is 0 Å². The Morgan fingerprint density at radius 2 is 1.28 bits per heavy atom. The number of nitrogens with zero attached hydrogens (tertiary/aromatic N) is 2. The first kappa shape index (κ1) is 22.4. The number of carbonyl (C=O) groups excluding carboxylic acids is 2. The predicted molar refractivity (Wildman–Crippen MR) is 114 cm³/mol. The van der Waals surface area contributed by atoms with Gasteiger partial charge in [-0.1, -0.05) is 81.4 Å². The van der Waals surface area contributed by atoms with Crippen molar-refractivity contribution >= 4 is 24.8 Å². The average molecular weight is 407 g/mol. The Bertz CT molecular complexity index is 852. The van der Waals surface area contributed by atoms with Crippen LogP contribution in [0.25, 0.3) is 0 Å². The Hall–Kier alpha value is -2.92. The van der Waals surface area contributed by atoms with Crippen LogP contribution in [0, 0.1) is 0 Å². The van der Waals surface area contributed by atoms with Crippen molar-refractivity contribution in [1.29, 1.82) is 0 Å². The molecular weight excluding hydrogens is 380 g/mol. The van der Waals surface area contributed by atoms with Gasteiger partial charge in [0, 0.05) is 25.4 Å². The summed E-state index contributed by atoms with van der Waals surface area (Å²) in [4.78, 5) is 24.9. The molecular formula is C23H26N2O3Si. The Kier molecular flexibility index (Phi) is 8.16. The SMILES string of the molecule is CC(C)(C)[Si](OCCc1ncccn1)(c1ccccc1)c1ccccc1.O=C=O. The van der Waals surface area contributed by atoms with Gasteiger partial charge >= 0.3 is 6.15 Å². The maximum Gasteiger partial charge on any atom is 0.373 e. The number of aromatic nitrogens is 2. The Morgan fingerprint density at radius 3 is 1.69 bits per heavy atom. The van der Waals surface area contributed by atoms with Crippen LogP contribution in [0.4, 0.5) is 0 Å². The summed E-state index contributed by atoms with van der Waals surface area (Å²) in [5.41, 5.74) is 0. The molecule has 0 unspecified atom stereocenters. The Labute approximate surface area is 172 Å². The summed E-state index contributed by atoms with van der Waals surface area (Å²) in [6, 6.07) is 23.2. The maximum absolute atomic E-state index is 8.12. The normalized spacial score (nSPS) is 11.1. The minimum Gasteiger partial charge on any atom is -0.407 e. The zero-order valence-corrected chi connectivity index (χ0v) is 18.0. The van der Waals surface area contributed by atoms with E-state index in [1.54, 1.807) is 12.4 Å². The van der Waals surface area contributed by atoms with Crippen LogP contribution in [-0.4, -0.2) is 31.0 Å². The van der Waals surface area contributed by atoms with Crippen LogP contribution in [0.3, 0.4) is 0 Å². The number of benzene rings is 2. The maximum atomic E-state index is 8.12. The van der Waals surface area contributed by atoms with E-state index in [9.17, 15) is 0 Å². The topological polar surface area (TPSA) is 69.2 Å². The van der Waals surface area contributed by atoms with Crippen molar-refractivity contribution < 1.29 is 14.0 Å². The molecule has 3 rings (SSSR count). The molecule has 0 atom stereocenters. The molecule has 1 aromatic heterocycles. The summed E-state index contributed by atoms with van der Waals surface area (Å²) >= 11 is 0.